The summed E-state index contributed by atoms with van der Waals surface area (Å²) in [6, 6.07) is 0. The fourth-order valence-electron chi connectivity index (χ4n) is 2.25. The molecule has 0 bridgehead atoms. The van der Waals surface area contributed by atoms with E-state index >= 15 is 0 Å². The standard InChI is InChI=1S/4C7H12O2.Hf/c4*1-3-4-7(9)5-6(2)8;/h4*5,9H,3-4H2,1-2H3;. The fraction of sp³-hybridized carbons (Fsp3) is 0.571. The molecule has 212 valence electrons. The SMILES string of the molecule is CCCC(O)=CC(C)=O.CCCC(O)=CC(C)=O.CCCC(O)=CC(C)=O.CCCC(O)=CC(C)=O.[Hf]. The van der Waals surface area contributed by atoms with Crippen LogP contribution >= 0.6 is 0 Å². The molecule has 0 heterocycles. The molecular formula is C28H48HfO8. The zero-order chi connectivity index (χ0) is 29.1. The fourth-order valence-corrected chi connectivity index (χ4v) is 2.25. The summed E-state index contributed by atoms with van der Waals surface area (Å²) in [7, 11) is 0. The molecule has 0 aliphatic heterocycles. The quantitative estimate of drug-likeness (QED) is 0.0949. The molecule has 0 aromatic heterocycles. The Bertz CT molecular complexity index is 634. The predicted octanol–water partition coefficient (Wildman–Crippen LogP) is 7.27. The molecule has 0 fully saturated rings. The van der Waals surface area contributed by atoms with E-state index in [0.717, 1.165) is 25.7 Å². The van der Waals surface area contributed by atoms with Gasteiger partial charge in [0.15, 0.2) is 23.1 Å². The van der Waals surface area contributed by atoms with Gasteiger partial charge in [-0.15, -0.1) is 0 Å². The molecule has 0 aliphatic carbocycles. The Morgan fingerprint density at radius 2 is 0.568 bits per heavy atom. The van der Waals surface area contributed by atoms with Crippen LogP contribution in [0.3, 0.4) is 0 Å². The number of rotatable bonds is 12. The summed E-state index contributed by atoms with van der Waals surface area (Å²) < 4.78 is 0. The molecule has 0 rings (SSSR count). The van der Waals surface area contributed by atoms with Gasteiger partial charge in [-0.2, -0.15) is 0 Å². The second kappa shape index (κ2) is 31.7. The third-order valence-corrected chi connectivity index (χ3v) is 3.50. The number of aliphatic hydroxyl groups is 4. The van der Waals surface area contributed by atoms with Gasteiger partial charge in [-0.3, -0.25) is 19.2 Å². The summed E-state index contributed by atoms with van der Waals surface area (Å²) in [6.07, 6.45) is 10.9. The summed E-state index contributed by atoms with van der Waals surface area (Å²) in [5, 5.41) is 35.4. The molecule has 9 heteroatoms. The van der Waals surface area contributed by atoms with E-state index in [-0.39, 0.29) is 72.0 Å². The van der Waals surface area contributed by atoms with Gasteiger partial charge in [0.25, 0.3) is 0 Å². The molecule has 0 saturated heterocycles. The maximum Gasteiger partial charge on any atom is 0.155 e. The first kappa shape index (κ1) is 44.7. The number of aliphatic hydroxyl groups excluding tert-OH is 4. The largest absolute Gasteiger partial charge is 0.512 e. The first-order chi connectivity index (χ1) is 16.7. The van der Waals surface area contributed by atoms with Crippen LogP contribution < -0.4 is 0 Å². The molecule has 0 aromatic carbocycles. The molecule has 8 nitrogen and oxygen atoms in total. The van der Waals surface area contributed by atoms with E-state index in [9.17, 15) is 19.2 Å². The van der Waals surface area contributed by atoms with Gasteiger partial charge in [0.05, 0.1) is 23.0 Å². The third-order valence-electron chi connectivity index (χ3n) is 3.50. The van der Waals surface area contributed by atoms with Crippen molar-refractivity contribution in [2.24, 2.45) is 0 Å². The Morgan fingerprint density at radius 3 is 0.649 bits per heavy atom. The summed E-state index contributed by atoms with van der Waals surface area (Å²) in [4.78, 5) is 41.2. The molecule has 0 saturated carbocycles. The van der Waals surface area contributed by atoms with E-state index in [1.165, 1.54) is 52.0 Å². The van der Waals surface area contributed by atoms with Crippen molar-refractivity contribution in [1.29, 1.82) is 0 Å². The minimum absolute atomic E-state index is 0. The van der Waals surface area contributed by atoms with Crippen molar-refractivity contribution in [2.45, 2.75) is 107 Å². The molecule has 0 radical (unpaired) electrons. The third kappa shape index (κ3) is 51.3. The van der Waals surface area contributed by atoms with Crippen LogP contribution in [-0.4, -0.2) is 43.6 Å². The van der Waals surface area contributed by atoms with Gasteiger partial charge in [0, 0.05) is 75.8 Å². The summed E-state index contributed by atoms with van der Waals surface area (Å²) in [5.41, 5.74) is 0. The van der Waals surface area contributed by atoms with Gasteiger partial charge in [0.1, 0.15) is 0 Å². The van der Waals surface area contributed by atoms with Crippen LogP contribution in [0.5, 0.6) is 0 Å². The minimum atomic E-state index is -0.0963. The van der Waals surface area contributed by atoms with Gasteiger partial charge in [-0.05, 0) is 53.4 Å². The van der Waals surface area contributed by atoms with Gasteiger partial charge >= 0.3 is 0 Å². The molecule has 0 aromatic rings. The number of carbonyl (C=O) groups is 4. The Morgan fingerprint density at radius 1 is 0.432 bits per heavy atom. The van der Waals surface area contributed by atoms with E-state index < -0.39 is 0 Å². The van der Waals surface area contributed by atoms with Gasteiger partial charge in [-0.1, -0.05) is 27.7 Å². The normalized spacial score (nSPS) is 11.2. The van der Waals surface area contributed by atoms with Crippen LogP contribution in [0.1, 0.15) is 107 Å². The zero-order valence-corrected chi connectivity index (χ0v) is 27.5. The first-order valence-corrected chi connectivity index (χ1v) is 12.3. The molecule has 0 atom stereocenters. The summed E-state index contributed by atoms with van der Waals surface area (Å²) in [5.74, 6) is 0.355. The number of hydrogen-bond acceptors (Lipinski definition) is 8. The number of carbonyl (C=O) groups excluding carboxylic acids is 4. The van der Waals surface area contributed by atoms with Crippen LogP contribution in [0.15, 0.2) is 47.3 Å². The predicted molar refractivity (Wildman–Crippen MR) is 145 cm³/mol. The monoisotopic (exact) mass is 692 g/mol. The average Bonchev–Trinajstić information content (AvgIpc) is 2.68. The molecule has 0 unspecified atom stereocenters. The number of ketones is 4. The van der Waals surface area contributed by atoms with Gasteiger partial charge < -0.3 is 20.4 Å². The average molecular weight is 691 g/mol. The smallest absolute Gasteiger partial charge is 0.155 e. The van der Waals surface area contributed by atoms with Crippen molar-refractivity contribution >= 4 is 23.1 Å². The maximum atomic E-state index is 10.3. The Kier molecular flexibility index (Phi) is 38.3. The van der Waals surface area contributed by atoms with Crippen molar-refractivity contribution in [1.82, 2.24) is 0 Å². The zero-order valence-electron chi connectivity index (χ0n) is 23.9. The molecular weight excluding hydrogens is 643 g/mol. The number of allylic oxidation sites excluding steroid dienone is 8. The Hall–Kier alpha value is -2.29. The van der Waals surface area contributed by atoms with Crippen molar-refractivity contribution in [3.8, 4) is 0 Å². The molecule has 0 amide bonds. The van der Waals surface area contributed by atoms with E-state index in [0.29, 0.717) is 25.7 Å². The Balaban J connectivity index is -0.000000122. The van der Waals surface area contributed by atoms with Gasteiger partial charge in [0.2, 0.25) is 0 Å². The topological polar surface area (TPSA) is 149 Å². The van der Waals surface area contributed by atoms with Crippen LogP contribution in [0.4, 0.5) is 0 Å². The number of hydrogen-bond donors (Lipinski definition) is 4. The van der Waals surface area contributed by atoms with Crippen molar-refractivity contribution in [3.05, 3.63) is 47.3 Å². The minimum Gasteiger partial charge on any atom is -0.512 e. The second-order valence-electron chi connectivity index (χ2n) is 7.99. The van der Waals surface area contributed by atoms with E-state index in [4.69, 9.17) is 20.4 Å². The van der Waals surface area contributed by atoms with Crippen molar-refractivity contribution in [2.75, 3.05) is 0 Å². The summed E-state index contributed by atoms with van der Waals surface area (Å²) in [6.45, 7) is 13.5. The maximum absolute atomic E-state index is 10.3. The van der Waals surface area contributed by atoms with E-state index in [2.05, 4.69) is 0 Å². The van der Waals surface area contributed by atoms with Crippen LogP contribution in [0, 0.1) is 0 Å². The first-order valence-electron chi connectivity index (χ1n) is 12.3. The second-order valence-corrected chi connectivity index (χ2v) is 7.99. The molecule has 4 N–H and O–H groups in total. The Labute approximate surface area is 242 Å². The van der Waals surface area contributed by atoms with Crippen LogP contribution in [0.2, 0.25) is 0 Å². The van der Waals surface area contributed by atoms with E-state index in [1.54, 1.807) is 0 Å². The molecule has 0 aliphatic rings. The molecule has 0 spiro atoms. The van der Waals surface area contributed by atoms with Crippen molar-refractivity contribution in [3.63, 3.8) is 0 Å². The van der Waals surface area contributed by atoms with E-state index in [1.807, 2.05) is 27.7 Å². The van der Waals surface area contributed by atoms with Crippen molar-refractivity contribution < 1.29 is 65.4 Å². The van der Waals surface area contributed by atoms with Gasteiger partial charge in [-0.25, -0.2) is 0 Å². The van der Waals surface area contributed by atoms with Crippen LogP contribution in [0.25, 0.3) is 0 Å². The van der Waals surface area contributed by atoms with Crippen LogP contribution in [-0.2, 0) is 45.0 Å². The molecule has 37 heavy (non-hydrogen) atoms. The summed E-state index contributed by atoms with van der Waals surface area (Å²) >= 11 is 0.